The third-order valence-corrected chi connectivity index (χ3v) is 8.58. The number of aromatic nitrogens is 1. The van der Waals surface area contributed by atoms with Crippen molar-refractivity contribution < 1.29 is 28.6 Å². The number of ether oxygens (including phenoxy) is 2. The summed E-state index contributed by atoms with van der Waals surface area (Å²) in [6.07, 6.45) is 0.874. The molecule has 1 amide bonds. The maximum absolute atomic E-state index is 14.1. The maximum Gasteiger partial charge on any atom is 0.296 e. The van der Waals surface area contributed by atoms with Crippen LogP contribution in [0.3, 0.4) is 0 Å². The van der Waals surface area contributed by atoms with Crippen LogP contribution in [0.2, 0.25) is 0 Å². The van der Waals surface area contributed by atoms with Gasteiger partial charge in [-0.3, -0.25) is 14.5 Å². The van der Waals surface area contributed by atoms with Crippen LogP contribution in [0.1, 0.15) is 53.6 Å². The van der Waals surface area contributed by atoms with Crippen LogP contribution in [0.4, 0.5) is 5.13 Å². The molecule has 43 heavy (non-hydrogen) atoms. The summed E-state index contributed by atoms with van der Waals surface area (Å²) in [5, 5.41) is 12.4. The molecule has 1 unspecified atom stereocenters. The molecule has 0 bridgehead atoms. The lowest BCUT2D eigenvalue weighted by Crippen LogP contribution is -2.31. The lowest BCUT2D eigenvalue weighted by atomic mass is 9.95. The summed E-state index contributed by atoms with van der Waals surface area (Å²) < 4.78 is 18.4. The molecule has 220 valence electrons. The van der Waals surface area contributed by atoms with E-state index in [4.69, 9.17) is 18.9 Å². The van der Waals surface area contributed by atoms with Gasteiger partial charge in [0.2, 0.25) is 5.78 Å². The van der Waals surface area contributed by atoms with E-state index in [1.807, 2.05) is 44.2 Å². The Hall–Kier alpha value is -4.63. The molecule has 2 aromatic heterocycles. The Bertz CT molecular complexity index is 1880. The zero-order valence-corrected chi connectivity index (χ0v) is 25.5. The number of Topliss-reactive ketones (excluding diaryl/α,β-unsaturated/α-hetero) is 1. The number of ketones is 1. The quantitative estimate of drug-likeness (QED) is 0.173. The molecule has 0 saturated heterocycles. The van der Waals surface area contributed by atoms with Crippen LogP contribution in [-0.2, 0) is 4.79 Å². The van der Waals surface area contributed by atoms with Gasteiger partial charge in [0.15, 0.2) is 28.1 Å². The summed E-state index contributed by atoms with van der Waals surface area (Å²) in [6, 6.07) is 17.2. The van der Waals surface area contributed by atoms with E-state index < -0.39 is 23.5 Å². The highest BCUT2D eigenvalue weighted by molar-refractivity contribution is 7.22. The van der Waals surface area contributed by atoms with E-state index in [-0.39, 0.29) is 11.3 Å². The molecule has 0 fully saturated rings. The van der Waals surface area contributed by atoms with E-state index in [0.717, 1.165) is 33.2 Å². The number of methoxy groups -OCH3 is 1. The molecular weight excluding hydrogens is 564 g/mol. The summed E-state index contributed by atoms with van der Waals surface area (Å²) in [5.74, 6) is -0.436. The predicted octanol–water partition coefficient (Wildman–Crippen LogP) is 7.88. The van der Waals surface area contributed by atoms with Crippen LogP contribution < -0.4 is 14.4 Å². The van der Waals surface area contributed by atoms with Crippen molar-refractivity contribution in [2.75, 3.05) is 18.6 Å². The SMILES string of the molecule is COc1cc(C2C(C(=O)c3cc4ccccc4o3)=C(O)C(=O)N2c2nc3c(C)cc(C)cc3s2)ccc1OCCC(C)C. The molecule has 0 radical (unpaired) electrons. The third-order valence-electron chi connectivity index (χ3n) is 7.58. The number of anilines is 1. The number of carbonyl (C=O) groups is 2. The number of furan rings is 1. The number of aliphatic hydroxyl groups is 1. The number of carbonyl (C=O) groups excluding carboxylic acids is 2. The van der Waals surface area contributed by atoms with Gasteiger partial charge in [0.05, 0.1) is 35.5 Å². The highest BCUT2D eigenvalue weighted by Gasteiger charge is 2.47. The summed E-state index contributed by atoms with van der Waals surface area (Å²) in [5.41, 5.74) is 3.80. The summed E-state index contributed by atoms with van der Waals surface area (Å²) in [6.45, 7) is 8.74. The number of thiazole rings is 1. The van der Waals surface area contributed by atoms with Gasteiger partial charge >= 0.3 is 0 Å². The number of aliphatic hydroxyl groups excluding tert-OH is 1. The molecule has 6 rings (SSSR count). The molecule has 5 aromatic rings. The van der Waals surface area contributed by atoms with Crippen molar-refractivity contribution in [1.82, 2.24) is 4.98 Å². The number of rotatable bonds is 9. The van der Waals surface area contributed by atoms with E-state index in [9.17, 15) is 14.7 Å². The first-order chi connectivity index (χ1) is 20.7. The lowest BCUT2D eigenvalue weighted by molar-refractivity contribution is -0.117. The second-order valence-electron chi connectivity index (χ2n) is 11.2. The molecule has 9 heteroatoms. The number of amides is 1. The van der Waals surface area contributed by atoms with Crippen molar-refractivity contribution in [3.8, 4) is 11.5 Å². The van der Waals surface area contributed by atoms with Gasteiger partial charge in [0, 0.05) is 5.39 Å². The van der Waals surface area contributed by atoms with Crippen molar-refractivity contribution >= 4 is 49.3 Å². The summed E-state index contributed by atoms with van der Waals surface area (Å²) in [7, 11) is 1.54. The Labute approximate surface area is 253 Å². The van der Waals surface area contributed by atoms with Crippen LogP contribution in [-0.4, -0.2) is 35.5 Å². The number of nitrogens with zero attached hydrogens (tertiary/aromatic N) is 2. The number of benzene rings is 3. The number of hydrogen-bond donors (Lipinski definition) is 1. The van der Waals surface area contributed by atoms with Crippen molar-refractivity contribution in [1.29, 1.82) is 0 Å². The largest absolute Gasteiger partial charge is 0.503 e. The second-order valence-corrected chi connectivity index (χ2v) is 12.2. The minimum atomic E-state index is -0.992. The first kappa shape index (κ1) is 28.5. The van der Waals surface area contributed by atoms with Crippen molar-refractivity contribution in [3.05, 3.63) is 94.4 Å². The van der Waals surface area contributed by atoms with Gasteiger partial charge in [-0.15, -0.1) is 0 Å². The van der Waals surface area contributed by atoms with Gasteiger partial charge in [-0.05, 0) is 73.2 Å². The number of fused-ring (bicyclic) bond motifs is 2. The average Bonchev–Trinajstić information content (AvgIpc) is 3.67. The van der Waals surface area contributed by atoms with Crippen LogP contribution in [0.25, 0.3) is 21.2 Å². The number of para-hydroxylation sites is 1. The Morgan fingerprint density at radius 2 is 1.88 bits per heavy atom. The molecule has 0 spiro atoms. The average molecular weight is 597 g/mol. The topological polar surface area (TPSA) is 102 Å². The van der Waals surface area contributed by atoms with Crippen LogP contribution >= 0.6 is 11.3 Å². The molecule has 3 heterocycles. The minimum Gasteiger partial charge on any atom is -0.503 e. The number of aryl methyl sites for hydroxylation is 2. The van der Waals surface area contributed by atoms with Gasteiger partial charge < -0.3 is 19.0 Å². The molecule has 0 aliphatic carbocycles. The van der Waals surface area contributed by atoms with Gasteiger partial charge in [-0.1, -0.05) is 55.5 Å². The zero-order chi connectivity index (χ0) is 30.4. The van der Waals surface area contributed by atoms with Gasteiger partial charge in [-0.25, -0.2) is 4.98 Å². The highest BCUT2D eigenvalue weighted by atomic mass is 32.1. The van der Waals surface area contributed by atoms with Crippen molar-refractivity contribution in [3.63, 3.8) is 0 Å². The molecule has 1 atom stereocenters. The molecule has 1 aliphatic rings. The van der Waals surface area contributed by atoms with E-state index in [1.54, 1.807) is 37.4 Å². The third kappa shape index (κ3) is 5.14. The summed E-state index contributed by atoms with van der Waals surface area (Å²) in [4.78, 5) is 34.1. The van der Waals surface area contributed by atoms with E-state index in [2.05, 4.69) is 13.8 Å². The number of hydrogen-bond acceptors (Lipinski definition) is 8. The van der Waals surface area contributed by atoms with Crippen LogP contribution in [0.5, 0.6) is 11.5 Å². The molecule has 1 N–H and O–H groups in total. The zero-order valence-electron chi connectivity index (χ0n) is 24.6. The van der Waals surface area contributed by atoms with Crippen LogP contribution in [0, 0.1) is 19.8 Å². The normalized spacial score (nSPS) is 15.3. The van der Waals surface area contributed by atoms with E-state index in [0.29, 0.717) is 40.3 Å². The maximum atomic E-state index is 14.1. The molecule has 3 aromatic carbocycles. The fraction of sp³-hybridized carbons (Fsp3) is 0.265. The minimum absolute atomic E-state index is 0.0266. The Balaban J connectivity index is 1.48. The first-order valence-electron chi connectivity index (χ1n) is 14.1. The summed E-state index contributed by atoms with van der Waals surface area (Å²) >= 11 is 1.33. The van der Waals surface area contributed by atoms with Gasteiger partial charge in [-0.2, -0.15) is 0 Å². The fourth-order valence-corrected chi connectivity index (χ4v) is 6.58. The lowest BCUT2D eigenvalue weighted by Gasteiger charge is -2.25. The standard InChI is InChI=1S/C34H32N2O6S/c1-18(2)12-13-41-24-11-10-22(17-25(24)40-5)30-28(31(37)26-16-21-8-6-7-9-23(21)42-26)32(38)33(39)36(30)34-35-29-20(4)14-19(3)15-27(29)43-34/h6-11,14-18,30,38H,12-13H2,1-5H3. The van der Waals surface area contributed by atoms with Crippen molar-refractivity contribution in [2.24, 2.45) is 5.92 Å². The van der Waals surface area contributed by atoms with Crippen LogP contribution in [0.15, 0.2) is 76.4 Å². The van der Waals surface area contributed by atoms with E-state index in [1.165, 1.54) is 16.2 Å². The Morgan fingerprint density at radius 3 is 2.63 bits per heavy atom. The highest BCUT2D eigenvalue weighted by Crippen LogP contribution is 2.46. The Morgan fingerprint density at radius 1 is 1.09 bits per heavy atom. The first-order valence-corrected chi connectivity index (χ1v) is 15.0. The predicted molar refractivity (Wildman–Crippen MR) is 167 cm³/mol. The molecule has 1 aliphatic heterocycles. The van der Waals surface area contributed by atoms with Gasteiger partial charge in [0.25, 0.3) is 5.91 Å². The van der Waals surface area contributed by atoms with E-state index >= 15 is 0 Å². The monoisotopic (exact) mass is 596 g/mol. The second kappa shape index (κ2) is 11.2. The molecule has 0 saturated carbocycles. The molecular formula is C34H32N2O6S. The molecule has 8 nitrogen and oxygen atoms in total. The van der Waals surface area contributed by atoms with Crippen molar-refractivity contribution in [2.45, 2.75) is 40.2 Å². The Kier molecular flexibility index (Phi) is 7.43. The smallest absolute Gasteiger partial charge is 0.296 e. The van der Waals surface area contributed by atoms with Gasteiger partial charge in [0.1, 0.15) is 5.58 Å². The fourth-order valence-electron chi connectivity index (χ4n) is 5.42.